The second-order valence-electron chi connectivity index (χ2n) is 7.30. The lowest BCUT2D eigenvalue weighted by Gasteiger charge is -2.26. The third-order valence-corrected chi connectivity index (χ3v) is 7.48. The Morgan fingerprint density at radius 1 is 0.632 bits per heavy atom. The van der Waals surface area contributed by atoms with Crippen LogP contribution in [0.25, 0.3) is 10.8 Å². The molecular formula is C18H12F12O6S2. The molecule has 0 heterocycles. The molecule has 0 aliphatic carbocycles. The van der Waals surface area contributed by atoms with Gasteiger partial charge in [-0.05, 0) is 11.5 Å². The van der Waals surface area contributed by atoms with Crippen molar-refractivity contribution in [1.29, 1.82) is 0 Å². The van der Waals surface area contributed by atoms with Crippen molar-refractivity contribution >= 4 is 31.0 Å². The van der Waals surface area contributed by atoms with Crippen molar-refractivity contribution in [3.8, 4) is 0 Å². The zero-order chi connectivity index (χ0) is 29.5. The van der Waals surface area contributed by atoms with E-state index in [9.17, 15) is 69.5 Å². The Labute approximate surface area is 205 Å². The molecule has 0 atom stereocenters. The zero-order valence-electron chi connectivity index (χ0n) is 17.8. The van der Waals surface area contributed by atoms with Crippen LogP contribution < -0.4 is 0 Å². The molecule has 2 rings (SSSR count). The highest BCUT2D eigenvalue weighted by atomic mass is 32.2. The van der Waals surface area contributed by atoms with E-state index in [0.717, 1.165) is 24.3 Å². The van der Waals surface area contributed by atoms with Crippen LogP contribution in [0.3, 0.4) is 0 Å². The van der Waals surface area contributed by atoms with Crippen LogP contribution >= 0.6 is 0 Å². The first-order chi connectivity index (χ1) is 17.0. The van der Waals surface area contributed by atoms with Gasteiger partial charge in [0.1, 0.15) is 23.0 Å². The van der Waals surface area contributed by atoms with Gasteiger partial charge in [-0.15, -0.1) is 0 Å². The van der Waals surface area contributed by atoms with E-state index in [1.165, 1.54) is 6.07 Å². The summed E-state index contributed by atoms with van der Waals surface area (Å²) in [6.45, 7) is -5.92. The summed E-state index contributed by atoms with van der Waals surface area (Å²) in [6, 6.07) is 5.11. The maximum absolute atomic E-state index is 13.6. The van der Waals surface area contributed by atoms with Crippen LogP contribution in [0.4, 0.5) is 52.7 Å². The predicted octanol–water partition coefficient (Wildman–Crippen LogP) is 5.32. The highest BCUT2D eigenvalue weighted by Gasteiger charge is 2.64. The number of benzene rings is 2. The van der Waals surface area contributed by atoms with Gasteiger partial charge in [0.05, 0.1) is 0 Å². The summed E-state index contributed by atoms with van der Waals surface area (Å²) in [5.41, 5.74) is 0. The van der Waals surface area contributed by atoms with Gasteiger partial charge in [-0.2, -0.15) is 52.0 Å². The minimum absolute atomic E-state index is 0.229. The summed E-state index contributed by atoms with van der Waals surface area (Å²) < 4.78 is 213. The van der Waals surface area contributed by atoms with Gasteiger partial charge < -0.3 is 0 Å². The Hall–Kier alpha value is -2.32. The van der Waals surface area contributed by atoms with E-state index < -0.39 is 85.2 Å². The second-order valence-corrected chi connectivity index (χ2v) is 10.4. The summed E-state index contributed by atoms with van der Waals surface area (Å²) in [5, 5.41) is -0.987. The second kappa shape index (κ2) is 10.3. The van der Waals surface area contributed by atoms with Crippen LogP contribution in [0, 0.1) is 0 Å². The fraction of sp³-hybridized carbons (Fsp3) is 0.444. The first kappa shape index (κ1) is 31.9. The molecule has 6 nitrogen and oxygen atoms in total. The Balaban J connectivity index is 2.59. The third-order valence-electron chi connectivity index (χ3n) is 4.68. The maximum atomic E-state index is 13.6. The standard InChI is InChI=1S/C18H12F12O6S2/c19-13(20)17(27,28)15(23,24)7-35-37(31,32)11-6-5-9-3-1-2-4-10(9)12(11)38(33,34)36-8-16(25,26)18(29,30)14(21)22/h1-6,13-14H,7-8H2. The molecule has 0 aromatic heterocycles. The molecule has 0 spiro atoms. The minimum Gasteiger partial charge on any atom is -0.260 e. The number of halogens is 12. The smallest absolute Gasteiger partial charge is 0.260 e. The average Bonchev–Trinajstić information content (AvgIpc) is 2.80. The fourth-order valence-corrected chi connectivity index (χ4v) is 5.42. The molecule has 38 heavy (non-hydrogen) atoms. The largest absolute Gasteiger partial charge is 0.371 e. The summed E-state index contributed by atoms with van der Waals surface area (Å²) in [5.74, 6) is -23.9. The quantitative estimate of drug-likeness (QED) is 0.237. The van der Waals surface area contributed by atoms with E-state index in [-0.39, 0.29) is 11.5 Å². The first-order valence-corrected chi connectivity index (χ1v) is 12.2. The van der Waals surface area contributed by atoms with Crippen molar-refractivity contribution in [2.45, 2.75) is 46.3 Å². The summed E-state index contributed by atoms with van der Waals surface area (Å²) in [4.78, 5) is -3.48. The van der Waals surface area contributed by atoms with Crippen molar-refractivity contribution < 1.29 is 77.9 Å². The van der Waals surface area contributed by atoms with Crippen LogP contribution in [0.15, 0.2) is 46.2 Å². The highest BCUT2D eigenvalue weighted by molar-refractivity contribution is 7.90. The predicted molar refractivity (Wildman–Crippen MR) is 102 cm³/mol. The molecule has 216 valence electrons. The van der Waals surface area contributed by atoms with Crippen LogP contribution in [0.2, 0.25) is 0 Å². The number of fused-ring (bicyclic) bond motifs is 1. The van der Waals surface area contributed by atoms with Gasteiger partial charge in [-0.1, -0.05) is 30.3 Å². The van der Waals surface area contributed by atoms with E-state index in [1.54, 1.807) is 0 Å². The summed E-state index contributed by atoms with van der Waals surface area (Å²) in [7, 11) is -11.9. The lowest BCUT2D eigenvalue weighted by atomic mass is 10.1. The van der Waals surface area contributed by atoms with Gasteiger partial charge in [0.25, 0.3) is 20.2 Å². The van der Waals surface area contributed by atoms with Gasteiger partial charge in [0.2, 0.25) is 0 Å². The molecule has 0 saturated heterocycles. The molecule has 0 N–H and O–H groups in total. The SMILES string of the molecule is O=S(=O)(OCC(F)(F)C(F)(F)C(F)F)c1ccc2ccccc2c1S(=O)(=O)OCC(F)(F)C(F)(F)C(F)F. The Morgan fingerprint density at radius 2 is 1.05 bits per heavy atom. The van der Waals surface area contributed by atoms with Gasteiger partial charge in [0.15, 0.2) is 0 Å². The number of alkyl halides is 12. The molecular weight excluding hydrogens is 604 g/mol. The number of rotatable bonds is 12. The zero-order valence-corrected chi connectivity index (χ0v) is 19.5. The van der Waals surface area contributed by atoms with E-state index in [4.69, 9.17) is 0 Å². The van der Waals surface area contributed by atoms with Crippen LogP contribution in [-0.2, 0) is 28.6 Å². The van der Waals surface area contributed by atoms with Crippen molar-refractivity contribution in [3.63, 3.8) is 0 Å². The van der Waals surface area contributed by atoms with Gasteiger partial charge >= 0.3 is 36.5 Å². The molecule has 0 radical (unpaired) electrons. The van der Waals surface area contributed by atoms with Crippen LogP contribution in [0.1, 0.15) is 0 Å². The van der Waals surface area contributed by atoms with Gasteiger partial charge in [-0.3, -0.25) is 8.37 Å². The van der Waals surface area contributed by atoms with E-state index in [0.29, 0.717) is 0 Å². The third kappa shape index (κ3) is 5.96. The fourth-order valence-electron chi connectivity index (χ4n) is 2.62. The lowest BCUT2D eigenvalue weighted by Crippen LogP contribution is -2.49. The molecule has 0 unspecified atom stereocenters. The van der Waals surface area contributed by atoms with Crippen LogP contribution in [-0.4, -0.2) is 66.6 Å². The van der Waals surface area contributed by atoms with Crippen molar-refractivity contribution in [2.24, 2.45) is 0 Å². The first-order valence-electron chi connectivity index (χ1n) is 9.39. The summed E-state index contributed by atoms with van der Waals surface area (Å²) in [6.07, 6.45) is -10.00. The normalized spacial score (nSPS) is 14.6. The van der Waals surface area contributed by atoms with Crippen molar-refractivity contribution in [1.82, 2.24) is 0 Å². The van der Waals surface area contributed by atoms with E-state index >= 15 is 0 Å². The van der Waals surface area contributed by atoms with Crippen molar-refractivity contribution in [2.75, 3.05) is 13.2 Å². The number of hydrogen-bond donors (Lipinski definition) is 0. The Morgan fingerprint density at radius 3 is 1.50 bits per heavy atom. The molecule has 20 heteroatoms. The van der Waals surface area contributed by atoms with E-state index in [2.05, 4.69) is 8.37 Å². The lowest BCUT2D eigenvalue weighted by molar-refractivity contribution is -0.271. The molecule has 0 bridgehead atoms. The molecule has 0 aliphatic heterocycles. The topological polar surface area (TPSA) is 86.7 Å². The van der Waals surface area contributed by atoms with Gasteiger partial charge in [0, 0.05) is 5.39 Å². The maximum Gasteiger partial charge on any atom is 0.371 e. The molecule has 0 aliphatic rings. The Kier molecular flexibility index (Phi) is 8.68. The molecule has 0 fully saturated rings. The molecule has 0 amide bonds. The molecule has 2 aromatic carbocycles. The van der Waals surface area contributed by atoms with E-state index in [1.807, 2.05) is 0 Å². The highest BCUT2D eigenvalue weighted by Crippen LogP contribution is 2.42. The summed E-state index contributed by atoms with van der Waals surface area (Å²) >= 11 is 0. The number of hydrogen-bond acceptors (Lipinski definition) is 6. The molecule has 0 saturated carbocycles. The molecule has 2 aromatic rings. The van der Waals surface area contributed by atoms with Gasteiger partial charge in [-0.25, -0.2) is 17.6 Å². The average molecular weight is 616 g/mol. The van der Waals surface area contributed by atoms with Crippen molar-refractivity contribution in [3.05, 3.63) is 36.4 Å². The minimum atomic E-state index is -6.12. The monoisotopic (exact) mass is 616 g/mol. The van der Waals surface area contributed by atoms with Crippen LogP contribution in [0.5, 0.6) is 0 Å². The Bertz CT molecular complexity index is 1380.